The minimum Gasteiger partial charge on any atom is -0.469 e. The summed E-state index contributed by atoms with van der Waals surface area (Å²) in [6, 6.07) is 9.29. The fraction of sp³-hybridized carbons (Fsp3) is 0.200. The fourth-order valence-corrected chi connectivity index (χ4v) is 3.47. The quantitative estimate of drug-likeness (QED) is 0.784. The highest BCUT2D eigenvalue weighted by Crippen LogP contribution is 2.48. The zero-order chi connectivity index (χ0) is 14.4. The Kier molecular flexibility index (Phi) is 2.97. The number of hydrogen-bond donors (Lipinski definition) is 1. The minimum atomic E-state index is -0.0215. The lowest BCUT2D eigenvalue weighted by Crippen LogP contribution is -2.14. The standard InChI is InChI=1S/C15H11ClN2O2S/c16-8-3-4-13-11(6-8)17-15(21-13)18-14(19)10-7-9(10)12-2-1-5-20-12/h1-6,9-10H,7H2,(H,17,18,19). The first-order valence-corrected chi connectivity index (χ1v) is 7.80. The lowest BCUT2D eigenvalue weighted by atomic mass is 10.2. The van der Waals surface area contributed by atoms with E-state index in [4.69, 9.17) is 16.0 Å². The molecule has 2 unspecified atom stereocenters. The van der Waals surface area contributed by atoms with E-state index in [1.165, 1.54) is 11.3 Å². The van der Waals surface area contributed by atoms with Crippen molar-refractivity contribution in [3.05, 3.63) is 47.4 Å². The number of rotatable bonds is 3. The Hall–Kier alpha value is -1.85. The summed E-state index contributed by atoms with van der Waals surface area (Å²) >= 11 is 7.39. The Morgan fingerprint density at radius 3 is 3.14 bits per heavy atom. The molecular weight excluding hydrogens is 308 g/mol. The molecule has 0 radical (unpaired) electrons. The van der Waals surface area contributed by atoms with E-state index in [1.807, 2.05) is 24.3 Å². The molecule has 1 amide bonds. The largest absolute Gasteiger partial charge is 0.469 e. The van der Waals surface area contributed by atoms with Crippen LogP contribution in [0.25, 0.3) is 10.2 Å². The van der Waals surface area contributed by atoms with Gasteiger partial charge in [-0.15, -0.1) is 0 Å². The lowest BCUT2D eigenvalue weighted by molar-refractivity contribution is -0.117. The molecule has 1 saturated carbocycles. The van der Waals surface area contributed by atoms with Gasteiger partial charge in [0, 0.05) is 16.9 Å². The van der Waals surface area contributed by atoms with E-state index in [1.54, 1.807) is 12.3 Å². The van der Waals surface area contributed by atoms with Gasteiger partial charge in [-0.2, -0.15) is 0 Å². The van der Waals surface area contributed by atoms with E-state index in [0.29, 0.717) is 10.2 Å². The molecule has 1 aliphatic carbocycles. The normalized spacial score (nSPS) is 20.6. The third kappa shape index (κ3) is 2.43. The third-order valence-corrected chi connectivity index (χ3v) is 4.80. The van der Waals surface area contributed by atoms with E-state index in [0.717, 1.165) is 22.4 Å². The summed E-state index contributed by atoms with van der Waals surface area (Å²) in [4.78, 5) is 16.6. The Bertz CT molecular complexity index is 812. The first kappa shape index (κ1) is 12.9. The molecule has 1 N–H and O–H groups in total. The van der Waals surface area contributed by atoms with Gasteiger partial charge < -0.3 is 9.73 Å². The first-order valence-electron chi connectivity index (χ1n) is 6.61. The summed E-state index contributed by atoms with van der Waals surface area (Å²) in [5, 5.41) is 4.15. The number of nitrogens with one attached hydrogen (secondary N) is 1. The van der Waals surface area contributed by atoms with Gasteiger partial charge in [0.15, 0.2) is 5.13 Å². The average Bonchev–Trinajstić information content (AvgIpc) is 2.91. The second-order valence-corrected chi connectivity index (χ2v) is 6.55. The third-order valence-electron chi connectivity index (χ3n) is 3.62. The van der Waals surface area contributed by atoms with Gasteiger partial charge >= 0.3 is 0 Å². The molecule has 1 fully saturated rings. The number of hydrogen-bond acceptors (Lipinski definition) is 4. The molecule has 2 atom stereocenters. The maximum Gasteiger partial charge on any atom is 0.230 e. The van der Waals surface area contributed by atoms with Crippen LogP contribution in [0.1, 0.15) is 18.1 Å². The lowest BCUT2D eigenvalue weighted by Gasteiger charge is -1.99. The number of aromatic nitrogens is 1. The predicted octanol–water partition coefficient (Wildman–Crippen LogP) is 4.28. The number of carbonyl (C=O) groups is 1. The number of anilines is 1. The van der Waals surface area contributed by atoms with Crippen molar-refractivity contribution in [1.29, 1.82) is 0 Å². The first-order chi connectivity index (χ1) is 10.2. The molecule has 0 saturated heterocycles. The molecule has 0 spiro atoms. The Balaban J connectivity index is 1.49. The monoisotopic (exact) mass is 318 g/mol. The van der Waals surface area contributed by atoms with Gasteiger partial charge in [0.2, 0.25) is 5.91 Å². The van der Waals surface area contributed by atoms with Crippen LogP contribution in [0.15, 0.2) is 41.0 Å². The summed E-state index contributed by atoms with van der Waals surface area (Å²) in [6.07, 6.45) is 2.47. The van der Waals surface area contributed by atoms with E-state index in [9.17, 15) is 4.79 Å². The summed E-state index contributed by atoms with van der Waals surface area (Å²) in [5.74, 6) is 1.06. The fourth-order valence-electron chi connectivity index (χ4n) is 2.45. The van der Waals surface area contributed by atoms with Gasteiger partial charge in [-0.3, -0.25) is 4.79 Å². The molecule has 6 heteroatoms. The summed E-state index contributed by atoms with van der Waals surface area (Å²) in [5.41, 5.74) is 0.807. The highest BCUT2D eigenvalue weighted by atomic mass is 35.5. The van der Waals surface area contributed by atoms with Crippen LogP contribution in [0.2, 0.25) is 5.02 Å². The van der Waals surface area contributed by atoms with Crippen molar-refractivity contribution >= 4 is 44.2 Å². The highest BCUT2D eigenvalue weighted by Gasteiger charge is 2.46. The summed E-state index contributed by atoms with van der Waals surface area (Å²) < 4.78 is 6.35. The zero-order valence-corrected chi connectivity index (χ0v) is 12.4. The number of amides is 1. The number of nitrogens with zero attached hydrogens (tertiary/aromatic N) is 1. The topological polar surface area (TPSA) is 55.1 Å². The van der Waals surface area contributed by atoms with Crippen molar-refractivity contribution in [1.82, 2.24) is 4.98 Å². The summed E-state index contributed by atoms with van der Waals surface area (Å²) in [6.45, 7) is 0. The average molecular weight is 319 g/mol. The molecule has 1 aromatic carbocycles. The second-order valence-electron chi connectivity index (χ2n) is 5.08. The van der Waals surface area contributed by atoms with Crippen LogP contribution in [-0.4, -0.2) is 10.9 Å². The SMILES string of the molecule is O=C(Nc1nc2cc(Cl)ccc2s1)C1CC1c1ccco1. The van der Waals surface area contributed by atoms with Gasteiger partial charge in [0.05, 0.1) is 16.5 Å². The molecule has 21 heavy (non-hydrogen) atoms. The second kappa shape index (κ2) is 4.86. The molecule has 4 nitrogen and oxygen atoms in total. The van der Waals surface area contributed by atoms with Crippen molar-refractivity contribution < 1.29 is 9.21 Å². The molecule has 4 rings (SSSR count). The number of fused-ring (bicyclic) bond motifs is 1. The van der Waals surface area contributed by atoms with Crippen LogP contribution in [0.5, 0.6) is 0 Å². The van der Waals surface area contributed by atoms with Crippen LogP contribution in [0.3, 0.4) is 0 Å². The van der Waals surface area contributed by atoms with Gasteiger partial charge in [-0.1, -0.05) is 22.9 Å². The van der Waals surface area contributed by atoms with Gasteiger partial charge in [-0.25, -0.2) is 4.98 Å². The maximum absolute atomic E-state index is 12.2. The van der Waals surface area contributed by atoms with Crippen molar-refractivity contribution in [2.45, 2.75) is 12.3 Å². The predicted molar refractivity (Wildman–Crippen MR) is 82.8 cm³/mol. The molecule has 0 aliphatic heterocycles. The number of carbonyl (C=O) groups excluding carboxylic acids is 1. The van der Waals surface area contributed by atoms with Crippen molar-refractivity contribution in [3.8, 4) is 0 Å². The highest BCUT2D eigenvalue weighted by molar-refractivity contribution is 7.22. The van der Waals surface area contributed by atoms with Crippen LogP contribution in [-0.2, 0) is 4.79 Å². The summed E-state index contributed by atoms with van der Waals surface area (Å²) in [7, 11) is 0. The number of halogens is 1. The van der Waals surface area contributed by atoms with Crippen molar-refractivity contribution in [2.24, 2.45) is 5.92 Å². The molecule has 1 aliphatic rings. The van der Waals surface area contributed by atoms with Crippen LogP contribution < -0.4 is 5.32 Å². The Morgan fingerprint density at radius 2 is 2.33 bits per heavy atom. The van der Waals surface area contributed by atoms with Crippen LogP contribution in [0, 0.1) is 5.92 Å². The molecular formula is C15H11ClN2O2S. The van der Waals surface area contributed by atoms with E-state index < -0.39 is 0 Å². The minimum absolute atomic E-state index is 0.00144. The molecule has 106 valence electrons. The number of furan rings is 1. The van der Waals surface area contributed by atoms with Crippen LogP contribution in [0.4, 0.5) is 5.13 Å². The smallest absolute Gasteiger partial charge is 0.230 e. The Labute approximate surface area is 129 Å². The molecule has 2 heterocycles. The van der Waals surface area contributed by atoms with Crippen molar-refractivity contribution in [3.63, 3.8) is 0 Å². The number of thiazole rings is 1. The Morgan fingerprint density at radius 1 is 1.43 bits per heavy atom. The zero-order valence-electron chi connectivity index (χ0n) is 10.9. The van der Waals surface area contributed by atoms with E-state index >= 15 is 0 Å². The van der Waals surface area contributed by atoms with Gasteiger partial charge in [0.25, 0.3) is 0 Å². The molecule has 3 aromatic rings. The van der Waals surface area contributed by atoms with E-state index in [-0.39, 0.29) is 17.7 Å². The van der Waals surface area contributed by atoms with E-state index in [2.05, 4.69) is 10.3 Å². The van der Waals surface area contributed by atoms with Crippen LogP contribution >= 0.6 is 22.9 Å². The maximum atomic E-state index is 12.2. The van der Waals surface area contributed by atoms with Gasteiger partial charge in [-0.05, 0) is 36.8 Å². The molecule has 2 aromatic heterocycles. The number of benzene rings is 1. The molecule has 0 bridgehead atoms. The van der Waals surface area contributed by atoms with Gasteiger partial charge in [0.1, 0.15) is 5.76 Å². The van der Waals surface area contributed by atoms with Crippen molar-refractivity contribution in [2.75, 3.05) is 5.32 Å².